The Morgan fingerprint density at radius 3 is 2.03 bits per heavy atom. The molecule has 0 aliphatic heterocycles. The van der Waals surface area contributed by atoms with Crippen LogP contribution in [0, 0.1) is 5.92 Å². The first kappa shape index (κ1) is 20.9. The van der Waals surface area contributed by atoms with E-state index >= 15 is 0 Å². The van der Waals surface area contributed by atoms with Gasteiger partial charge in [-0.15, -0.1) is 0 Å². The Hall–Kier alpha value is -3.96. The monoisotopic (exact) mass is 437 g/mol. The summed E-state index contributed by atoms with van der Waals surface area (Å²) in [5.74, 6) is -3.77. The van der Waals surface area contributed by atoms with Crippen LogP contribution in [0.4, 0.5) is 0 Å². The predicted octanol–water partition coefficient (Wildman–Crippen LogP) is 4.90. The third-order valence-electron chi connectivity index (χ3n) is 6.39. The molecule has 0 radical (unpaired) electrons. The molecular formula is C28H23NO4. The van der Waals surface area contributed by atoms with Crippen molar-refractivity contribution in [3.05, 3.63) is 108 Å². The van der Waals surface area contributed by atoms with Crippen LogP contribution < -0.4 is 5.73 Å². The van der Waals surface area contributed by atoms with Crippen LogP contribution in [0.2, 0.25) is 0 Å². The molecule has 164 valence electrons. The van der Waals surface area contributed by atoms with Crippen molar-refractivity contribution >= 4 is 22.7 Å². The number of fused-ring (bicyclic) bond motifs is 4. The SMILES string of the molecule is NC(c1ccc2ccccc2c1)[C@@H](C(=O)O)C(=O)OCC1c2ccccc2-c2ccccc21. The molecule has 4 aromatic rings. The highest BCUT2D eigenvalue weighted by molar-refractivity contribution is 5.95. The van der Waals surface area contributed by atoms with Gasteiger partial charge in [0, 0.05) is 5.92 Å². The van der Waals surface area contributed by atoms with Gasteiger partial charge in [-0.25, -0.2) is 0 Å². The average molecular weight is 437 g/mol. The van der Waals surface area contributed by atoms with Crippen LogP contribution in [-0.2, 0) is 14.3 Å². The average Bonchev–Trinajstić information content (AvgIpc) is 3.16. The number of benzene rings is 4. The lowest BCUT2D eigenvalue weighted by Crippen LogP contribution is -2.36. The zero-order valence-corrected chi connectivity index (χ0v) is 17.8. The summed E-state index contributed by atoms with van der Waals surface area (Å²) in [4.78, 5) is 25.0. The van der Waals surface area contributed by atoms with Crippen LogP contribution in [0.15, 0.2) is 91.0 Å². The molecule has 0 bridgehead atoms. The highest BCUT2D eigenvalue weighted by Gasteiger charge is 2.37. The van der Waals surface area contributed by atoms with E-state index in [-0.39, 0.29) is 12.5 Å². The standard InChI is InChI=1S/C28H23NO4/c29-26(19-14-13-17-7-1-2-8-18(17)15-19)25(27(30)31)28(32)33-16-24-22-11-5-3-9-20(22)21-10-4-6-12-23(21)24/h1-15,24-26H,16,29H2,(H,30,31)/t25-,26?/m0/s1. The van der Waals surface area contributed by atoms with Gasteiger partial charge in [-0.05, 0) is 44.7 Å². The number of hydrogen-bond donors (Lipinski definition) is 2. The quantitative estimate of drug-likeness (QED) is 0.331. The summed E-state index contributed by atoms with van der Waals surface area (Å²) in [5.41, 5.74) is 11.2. The van der Waals surface area contributed by atoms with Gasteiger partial charge in [0.05, 0.1) is 6.04 Å². The normalized spacial score (nSPS) is 14.3. The summed E-state index contributed by atoms with van der Waals surface area (Å²) < 4.78 is 5.59. The van der Waals surface area contributed by atoms with Gasteiger partial charge in [-0.1, -0.05) is 84.9 Å². The molecule has 1 aliphatic carbocycles. The highest BCUT2D eigenvalue weighted by atomic mass is 16.5. The number of esters is 1. The second-order valence-electron chi connectivity index (χ2n) is 8.31. The maximum atomic E-state index is 13.0. The molecule has 1 aliphatic rings. The number of carbonyl (C=O) groups is 2. The first-order valence-electron chi connectivity index (χ1n) is 10.9. The number of hydrogen-bond acceptors (Lipinski definition) is 4. The molecular weight excluding hydrogens is 414 g/mol. The first-order valence-corrected chi connectivity index (χ1v) is 10.9. The number of nitrogens with two attached hydrogens (primary N) is 1. The summed E-state index contributed by atoms with van der Waals surface area (Å²) >= 11 is 0. The van der Waals surface area contributed by atoms with Crippen molar-refractivity contribution in [2.45, 2.75) is 12.0 Å². The van der Waals surface area contributed by atoms with Crippen LogP contribution in [0.25, 0.3) is 21.9 Å². The lowest BCUT2D eigenvalue weighted by Gasteiger charge is -2.21. The topological polar surface area (TPSA) is 89.6 Å². The van der Waals surface area contributed by atoms with E-state index in [9.17, 15) is 14.7 Å². The number of rotatable bonds is 6. The fraction of sp³-hybridized carbons (Fsp3) is 0.143. The van der Waals surface area contributed by atoms with Crippen LogP contribution in [0.1, 0.15) is 28.7 Å². The Bertz CT molecular complexity index is 1320. The van der Waals surface area contributed by atoms with E-state index in [2.05, 4.69) is 0 Å². The van der Waals surface area contributed by atoms with Gasteiger partial charge in [0.25, 0.3) is 0 Å². The Kier molecular flexibility index (Phi) is 5.40. The summed E-state index contributed by atoms with van der Waals surface area (Å²) in [5, 5.41) is 11.8. The Morgan fingerprint density at radius 2 is 1.39 bits per heavy atom. The van der Waals surface area contributed by atoms with Gasteiger partial charge < -0.3 is 15.6 Å². The summed E-state index contributed by atoms with van der Waals surface area (Å²) in [7, 11) is 0. The number of ether oxygens (including phenoxy) is 1. The fourth-order valence-corrected chi connectivity index (χ4v) is 4.70. The molecule has 0 saturated heterocycles. The minimum Gasteiger partial charge on any atom is -0.481 e. The van der Waals surface area contributed by atoms with Gasteiger partial charge in [-0.2, -0.15) is 0 Å². The van der Waals surface area contributed by atoms with Crippen molar-refractivity contribution in [3.8, 4) is 11.1 Å². The minimum absolute atomic E-state index is 0.0566. The molecule has 0 fully saturated rings. The minimum atomic E-state index is -1.50. The zero-order valence-electron chi connectivity index (χ0n) is 17.8. The Labute approximate surface area is 191 Å². The molecule has 0 amide bonds. The molecule has 4 aromatic carbocycles. The number of carboxylic acid groups (broad SMARTS) is 1. The van der Waals surface area contributed by atoms with Crippen molar-refractivity contribution in [1.29, 1.82) is 0 Å². The molecule has 3 N–H and O–H groups in total. The highest BCUT2D eigenvalue weighted by Crippen LogP contribution is 2.44. The summed E-state index contributed by atoms with van der Waals surface area (Å²) in [6, 6.07) is 28.2. The zero-order chi connectivity index (χ0) is 22.9. The summed E-state index contributed by atoms with van der Waals surface area (Å²) in [6.45, 7) is 0.0566. The number of carboxylic acids is 1. The fourth-order valence-electron chi connectivity index (χ4n) is 4.70. The first-order chi connectivity index (χ1) is 16.0. The molecule has 33 heavy (non-hydrogen) atoms. The molecule has 5 nitrogen and oxygen atoms in total. The maximum absolute atomic E-state index is 13.0. The number of carbonyl (C=O) groups excluding carboxylic acids is 1. The van der Waals surface area contributed by atoms with Gasteiger partial charge in [-0.3, -0.25) is 9.59 Å². The Morgan fingerprint density at radius 1 is 0.818 bits per heavy atom. The maximum Gasteiger partial charge on any atom is 0.322 e. The van der Waals surface area contributed by atoms with E-state index in [1.807, 2.05) is 84.9 Å². The second kappa shape index (κ2) is 8.52. The van der Waals surface area contributed by atoms with E-state index in [1.54, 1.807) is 6.07 Å². The van der Waals surface area contributed by atoms with Crippen LogP contribution >= 0.6 is 0 Å². The van der Waals surface area contributed by atoms with Crippen LogP contribution in [0.5, 0.6) is 0 Å². The molecule has 5 rings (SSSR count). The van der Waals surface area contributed by atoms with E-state index in [0.717, 1.165) is 33.0 Å². The lowest BCUT2D eigenvalue weighted by atomic mass is 9.92. The molecule has 0 heterocycles. The second-order valence-corrected chi connectivity index (χ2v) is 8.31. The summed E-state index contributed by atoms with van der Waals surface area (Å²) in [6.07, 6.45) is 0. The van der Waals surface area contributed by atoms with Gasteiger partial charge >= 0.3 is 11.9 Å². The van der Waals surface area contributed by atoms with Crippen molar-refractivity contribution in [2.75, 3.05) is 6.61 Å². The van der Waals surface area contributed by atoms with Crippen molar-refractivity contribution in [3.63, 3.8) is 0 Å². The van der Waals surface area contributed by atoms with Gasteiger partial charge in [0.2, 0.25) is 0 Å². The molecule has 0 spiro atoms. The van der Waals surface area contributed by atoms with Crippen molar-refractivity contribution in [2.24, 2.45) is 11.7 Å². The number of aliphatic carboxylic acids is 1. The Balaban J connectivity index is 1.38. The van der Waals surface area contributed by atoms with Crippen LogP contribution in [-0.4, -0.2) is 23.7 Å². The largest absolute Gasteiger partial charge is 0.481 e. The smallest absolute Gasteiger partial charge is 0.322 e. The molecule has 1 unspecified atom stereocenters. The van der Waals surface area contributed by atoms with Crippen molar-refractivity contribution in [1.82, 2.24) is 0 Å². The van der Waals surface area contributed by atoms with Gasteiger partial charge in [0.1, 0.15) is 6.61 Å². The van der Waals surface area contributed by atoms with E-state index in [1.165, 1.54) is 0 Å². The van der Waals surface area contributed by atoms with Crippen LogP contribution in [0.3, 0.4) is 0 Å². The lowest BCUT2D eigenvalue weighted by molar-refractivity contribution is -0.160. The molecule has 2 atom stereocenters. The van der Waals surface area contributed by atoms with E-state index < -0.39 is 23.9 Å². The van der Waals surface area contributed by atoms with Gasteiger partial charge in [0.15, 0.2) is 5.92 Å². The molecule has 0 aromatic heterocycles. The van der Waals surface area contributed by atoms with E-state index in [4.69, 9.17) is 10.5 Å². The van der Waals surface area contributed by atoms with Crippen molar-refractivity contribution < 1.29 is 19.4 Å². The molecule has 5 heteroatoms. The molecule has 0 saturated carbocycles. The third-order valence-corrected chi connectivity index (χ3v) is 6.39. The third kappa shape index (κ3) is 3.77. The predicted molar refractivity (Wildman–Crippen MR) is 127 cm³/mol. The van der Waals surface area contributed by atoms with E-state index in [0.29, 0.717) is 5.56 Å².